The van der Waals surface area contributed by atoms with Crippen molar-refractivity contribution in [1.82, 2.24) is 35.2 Å². The van der Waals surface area contributed by atoms with Crippen LogP contribution in [-0.2, 0) is 0 Å². The van der Waals surface area contributed by atoms with E-state index in [2.05, 4.69) is 30.3 Å². The van der Waals surface area contributed by atoms with Gasteiger partial charge in [0.05, 0.1) is 12.1 Å². The van der Waals surface area contributed by atoms with E-state index in [9.17, 15) is 9.59 Å². The summed E-state index contributed by atoms with van der Waals surface area (Å²) in [6.45, 7) is 0.892. The summed E-state index contributed by atoms with van der Waals surface area (Å²) in [5.41, 5.74) is 0.367. The molecule has 120 valence electrons. The van der Waals surface area contributed by atoms with Gasteiger partial charge in [0.2, 0.25) is 11.7 Å². The number of aromatic amines is 1. The zero-order chi connectivity index (χ0) is 16.5. The molecule has 4 rings (SSSR count). The van der Waals surface area contributed by atoms with E-state index in [1.54, 1.807) is 23.5 Å². The third kappa shape index (κ3) is 2.53. The summed E-state index contributed by atoms with van der Waals surface area (Å²) >= 11 is 0. The third-order valence-electron chi connectivity index (χ3n) is 3.65. The molecule has 1 aliphatic rings. The van der Waals surface area contributed by atoms with Crippen LogP contribution < -0.4 is 5.56 Å². The highest BCUT2D eigenvalue weighted by Gasteiger charge is 2.36. The SMILES string of the molecule is O=C(c1ccc(=O)[nH]n1)N1CC(c2nc(-c3cnccn3)no2)C1. The first-order chi connectivity index (χ1) is 11.7. The predicted octanol–water partition coefficient (Wildman–Crippen LogP) is -0.151. The topological polar surface area (TPSA) is 131 Å². The Morgan fingerprint density at radius 1 is 1.29 bits per heavy atom. The van der Waals surface area contributed by atoms with E-state index in [-0.39, 0.29) is 23.1 Å². The van der Waals surface area contributed by atoms with Crippen molar-refractivity contribution in [3.8, 4) is 11.5 Å². The average molecular weight is 325 g/mol. The maximum absolute atomic E-state index is 12.2. The summed E-state index contributed by atoms with van der Waals surface area (Å²) in [4.78, 5) is 37.1. The minimum absolute atomic E-state index is 0.0327. The molecule has 0 spiro atoms. The quantitative estimate of drug-likeness (QED) is 0.703. The van der Waals surface area contributed by atoms with Gasteiger partial charge in [-0.1, -0.05) is 5.16 Å². The number of H-pyrrole nitrogens is 1. The Hall–Kier alpha value is -3.43. The van der Waals surface area contributed by atoms with Gasteiger partial charge in [0.15, 0.2) is 0 Å². The van der Waals surface area contributed by atoms with Crippen molar-refractivity contribution in [2.45, 2.75) is 5.92 Å². The van der Waals surface area contributed by atoms with Crippen LogP contribution in [0, 0.1) is 0 Å². The van der Waals surface area contributed by atoms with Gasteiger partial charge < -0.3 is 9.42 Å². The first kappa shape index (κ1) is 14.2. The van der Waals surface area contributed by atoms with Gasteiger partial charge in [-0.05, 0) is 6.07 Å². The molecule has 1 amide bonds. The van der Waals surface area contributed by atoms with Gasteiger partial charge in [0.1, 0.15) is 11.4 Å². The molecule has 1 fully saturated rings. The van der Waals surface area contributed by atoms with Crippen LogP contribution in [0.25, 0.3) is 11.5 Å². The van der Waals surface area contributed by atoms with Crippen molar-refractivity contribution in [2.75, 3.05) is 13.1 Å². The lowest BCUT2D eigenvalue weighted by molar-refractivity contribution is 0.0562. The second kappa shape index (κ2) is 5.65. The van der Waals surface area contributed by atoms with Crippen LogP contribution in [0.3, 0.4) is 0 Å². The van der Waals surface area contributed by atoms with Crippen molar-refractivity contribution in [2.24, 2.45) is 0 Å². The predicted molar refractivity (Wildman–Crippen MR) is 78.8 cm³/mol. The summed E-state index contributed by atoms with van der Waals surface area (Å²) in [6, 6.07) is 2.66. The van der Waals surface area contributed by atoms with Crippen LogP contribution in [0.4, 0.5) is 0 Å². The van der Waals surface area contributed by atoms with Gasteiger partial charge >= 0.3 is 0 Å². The number of amides is 1. The Labute approximate surface area is 134 Å². The molecule has 0 saturated carbocycles. The molecule has 0 aliphatic carbocycles. The largest absolute Gasteiger partial charge is 0.338 e. The number of rotatable bonds is 3. The lowest BCUT2D eigenvalue weighted by Crippen LogP contribution is -2.49. The van der Waals surface area contributed by atoms with Crippen molar-refractivity contribution in [3.63, 3.8) is 0 Å². The first-order valence-electron chi connectivity index (χ1n) is 7.16. The maximum atomic E-state index is 12.2. The summed E-state index contributed by atoms with van der Waals surface area (Å²) in [5.74, 6) is 0.533. The van der Waals surface area contributed by atoms with E-state index in [1.807, 2.05) is 0 Å². The molecular formula is C14H11N7O3. The van der Waals surface area contributed by atoms with Crippen molar-refractivity contribution >= 4 is 5.91 Å². The van der Waals surface area contributed by atoms with Crippen LogP contribution in [-0.4, -0.2) is 54.2 Å². The second-order valence-electron chi connectivity index (χ2n) is 5.26. The van der Waals surface area contributed by atoms with Crippen molar-refractivity contribution < 1.29 is 9.32 Å². The van der Waals surface area contributed by atoms with E-state index in [1.165, 1.54) is 12.1 Å². The monoisotopic (exact) mass is 325 g/mol. The van der Waals surface area contributed by atoms with Crippen molar-refractivity contribution in [3.05, 3.63) is 52.7 Å². The molecule has 1 aliphatic heterocycles. The minimum atomic E-state index is -0.351. The fourth-order valence-electron chi connectivity index (χ4n) is 2.35. The molecule has 0 atom stereocenters. The lowest BCUT2D eigenvalue weighted by atomic mass is 9.99. The molecule has 0 unspecified atom stereocenters. The highest BCUT2D eigenvalue weighted by atomic mass is 16.5. The molecular weight excluding hydrogens is 314 g/mol. The molecule has 10 heteroatoms. The summed E-state index contributed by atoms with van der Waals surface area (Å²) in [6.07, 6.45) is 4.66. The van der Waals surface area contributed by atoms with Gasteiger partial charge in [0.25, 0.3) is 11.5 Å². The minimum Gasteiger partial charge on any atom is -0.338 e. The van der Waals surface area contributed by atoms with Crippen LogP contribution in [0.1, 0.15) is 22.3 Å². The fourth-order valence-corrected chi connectivity index (χ4v) is 2.35. The van der Waals surface area contributed by atoms with Gasteiger partial charge in [-0.25, -0.2) is 10.1 Å². The van der Waals surface area contributed by atoms with E-state index < -0.39 is 0 Å². The Morgan fingerprint density at radius 2 is 2.17 bits per heavy atom. The fraction of sp³-hybridized carbons (Fsp3) is 0.214. The molecule has 4 heterocycles. The van der Waals surface area contributed by atoms with E-state index in [0.29, 0.717) is 30.5 Å². The Kier molecular flexibility index (Phi) is 3.34. The Bertz CT molecular complexity index is 910. The van der Waals surface area contributed by atoms with Crippen molar-refractivity contribution in [1.29, 1.82) is 0 Å². The van der Waals surface area contributed by atoms with Crippen LogP contribution >= 0.6 is 0 Å². The molecule has 1 N–H and O–H groups in total. The number of likely N-dealkylation sites (tertiary alicyclic amines) is 1. The molecule has 0 radical (unpaired) electrons. The number of carbonyl (C=O) groups excluding carboxylic acids is 1. The van der Waals surface area contributed by atoms with Crippen LogP contribution in [0.5, 0.6) is 0 Å². The van der Waals surface area contributed by atoms with E-state index in [4.69, 9.17) is 4.52 Å². The molecule has 10 nitrogen and oxygen atoms in total. The average Bonchev–Trinajstić information content (AvgIpc) is 3.04. The Morgan fingerprint density at radius 3 is 2.88 bits per heavy atom. The van der Waals surface area contributed by atoms with Gasteiger partial charge in [-0.3, -0.25) is 14.6 Å². The zero-order valence-corrected chi connectivity index (χ0v) is 12.3. The third-order valence-corrected chi connectivity index (χ3v) is 3.65. The van der Waals surface area contributed by atoms with Gasteiger partial charge in [-0.15, -0.1) is 0 Å². The normalized spacial score (nSPS) is 14.4. The summed E-state index contributed by atoms with van der Waals surface area (Å²) in [5, 5.41) is 9.85. The number of aromatic nitrogens is 6. The molecule has 0 aromatic carbocycles. The maximum Gasteiger partial charge on any atom is 0.274 e. The molecule has 3 aromatic rings. The smallest absolute Gasteiger partial charge is 0.274 e. The standard InChI is InChI=1S/C14H11N7O3/c22-11-2-1-9(18-19-11)14(23)21-6-8(7-21)13-17-12(20-24-13)10-5-15-3-4-16-10/h1-5,8H,6-7H2,(H,19,22). The second-order valence-corrected chi connectivity index (χ2v) is 5.26. The summed E-state index contributed by atoms with van der Waals surface area (Å²) in [7, 11) is 0. The first-order valence-corrected chi connectivity index (χ1v) is 7.16. The molecule has 1 saturated heterocycles. The number of nitrogens with one attached hydrogen (secondary N) is 1. The molecule has 3 aromatic heterocycles. The number of carbonyl (C=O) groups is 1. The number of hydrogen-bond donors (Lipinski definition) is 1. The highest BCUT2D eigenvalue weighted by molar-refractivity contribution is 5.92. The van der Waals surface area contributed by atoms with Crippen LogP contribution in [0.15, 0.2) is 40.0 Å². The number of nitrogens with zero attached hydrogens (tertiary/aromatic N) is 6. The van der Waals surface area contributed by atoms with Crippen LogP contribution in [0.2, 0.25) is 0 Å². The van der Waals surface area contributed by atoms with Gasteiger partial charge in [0, 0.05) is 31.5 Å². The highest BCUT2D eigenvalue weighted by Crippen LogP contribution is 2.27. The Balaban J connectivity index is 1.43. The lowest BCUT2D eigenvalue weighted by Gasteiger charge is -2.36. The van der Waals surface area contributed by atoms with Gasteiger partial charge in [-0.2, -0.15) is 10.1 Å². The summed E-state index contributed by atoms with van der Waals surface area (Å²) < 4.78 is 5.24. The van der Waals surface area contributed by atoms with E-state index >= 15 is 0 Å². The van der Waals surface area contributed by atoms with E-state index in [0.717, 1.165) is 0 Å². The molecule has 0 bridgehead atoms. The number of hydrogen-bond acceptors (Lipinski definition) is 8. The molecule has 24 heavy (non-hydrogen) atoms. The zero-order valence-electron chi connectivity index (χ0n) is 12.3.